The molecule has 0 aliphatic rings. The fourth-order valence-corrected chi connectivity index (χ4v) is 3.21. The number of aromatic carboxylic acids is 1. The lowest BCUT2D eigenvalue weighted by Gasteiger charge is -2.11. The van der Waals surface area contributed by atoms with Gasteiger partial charge in [-0.15, -0.1) is 0 Å². The van der Waals surface area contributed by atoms with Crippen molar-refractivity contribution in [3.05, 3.63) is 106 Å². The van der Waals surface area contributed by atoms with Crippen molar-refractivity contribution in [3.63, 3.8) is 0 Å². The first kappa shape index (κ1) is 19.1. The maximum absolute atomic E-state index is 12.9. The minimum Gasteiger partial charge on any atom is -0.477 e. The molecule has 0 aliphatic heterocycles. The van der Waals surface area contributed by atoms with Gasteiger partial charge in [0.1, 0.15) is 17.1 Å². The summed E-state index contributed by atoms with van der Waals surface area (Å²) < 4.78 is 6.67. The molecule has 4 rings (SSSR count). The number of carbonyl (C=O) groups excluding carboxylic acids is 1. The van der Waals surface area contributed by atoms with Gasteiger partial charge < -0.3 is 9.84 Å². The van der Waals surface area contributed by atoms with Crippen molar-refractivity contribution in [2.45, 2.75) is 6.42 Å². The quantitative estimate of drug-likeness (QED) is 0.538. The number of hydrogen-bond donors (Lipinski definition) is 1. The number of pyridine rings is 1. The summed E-state index contributed by atoms with van der Waals surface area (Å²) >= 11 is 0. The van der Waals surface area contributed by atoms with Gasteiger partial charge in [-0.25, -0.2) is 9.36 Å². The summed E-state index contributed by atoms with van der Waals surface area (Å²) in [4.78, 5) is 37.0. The number of rotatable bonds is 5. The standard InChI is InChI=1S/C24H17NO5/c26-22(14-16-10-12-19(13-11-16)30-18-7-2-1-3-8-18)25-21-9-5-4-6-17(21)15-20(23(25)27)24(28)29/h1-13,15H,14H2,(H,28,29). The molecule has 0 spiro atoms. The summed E-state index contributed by atoms with van der Waals surface area (Å²) in [7, 11) is 0. The van der Waals surface area contributed by atoms with Gasteiger partial charge in [-0.1, -0.05) is 48.5 Å². The number of para-hydroxylation sites is 2. The zero-order chi connectivity index (χ0) is 21.1. The molecular formula is C24H17NO5. The minimum atomic E-state index is -1.37. The second-order valence-corrected chi connectivity index (χ2v) is 6.69. The molecule has 0 atom stereocenters. The Morgan fingerprint density at radius 3 is 2.17 bits per heavy atom. The molecule has 0 fully saturated rings. The van der Waals surface area contributed by atoms with E-state index < -0.39 is 23.0 Å². The largest absolute Gasteiger partial charge is 0.477 e. The SMILES string of the molecule is O=C(O)c1cc2ccccc2n(C(=O)Cc2ccc(Oc3ccccc3)cc2)c1=O. The molecular weight excluding hydrogens is 382 g/mol. The number of aromatic nitrogens is 1. The van der Waals surface area contributed by atoms with Crippen LogP contribution in [0.5, 0.6) is 11.5 Å². The Morgan fingerprint density at radius 1 is 0.833 bits per heavy atom. The monoisotopic (exact) mass is 399 g/mol. The number of ether oxygens (including phenoxy) is 1. The van der Waals surface area contributed by atoms with Crippen LogP contribution < -0.4 is 10.3 Å². The van der Waals surface area contributed by atoms with Crippen LogP contribution in [0, 0.1) is 0 Å². The van der Waals surface area contributed by atoms with Crippen molar-refractivity contribution in [2.24, 2.45) is 0 Å². The van der Waals surface area contributed by atoms with Gasteiger partial charge in [-0.3, -0.25) is 9.59 Å². The minimum absolute atomic E-state index is 0.0570. The summed E-state index contributed by atoms with van der Waals surface area (Å²) in [6.07, 6.45) is -0.0570. The Hall–Kier alpha value is -4.19. The second-order valence-electron chi connectivity index (χ2n) is 6.69. The highest BCUT2D eigenvalue weighted by Gasteiger charge is 2.19. The number of nitrogens with zero attached hydrogens (tertiary/aromatic N) is 1. The van der Waals surface area contributed by atoms with Gasteiger partial charge in [0, 0.05) is 0 Å². The van der Waals surface area contributed by atoms with Crippen molar-refractivity contribution in [3.8, 4) is 11.5 Å². The number of hydrogen-bond acceptors (Lipinski definition) is 4. The van der Waals surface area contributed by atoms with Crippen LogP contribution >= 0.6 is 0 Å². The van der Waals surface area contributed by atoms with Crippen molar-refractivity contribution in [1.82, 2.24) is 4.57 Å². The highest BCUT2D eigenvalue weighted by molar-refractivity contribution is 5.97. The lowest BCUT2D eigenvalue weighted by molar-refractivity contribution is 0.0694. The van der Waals surface area contributed by atoms with Gasteiger partial charge in [0.15, 0.2) is 0 Å². The first-order valence-electron chi connectivity index (χ1n) is 9.26. The summed E-state index contributed by atoms with van der Waals surface area (Å²) in [5.74, 6) is -0.552. The summed E-state index contributed by atoms with van der Waals surface area (Å²) in [6.45, 7) is 0. The number of carbonyl (C=O) groups is 2. The number of benzene rings is 3. The fourth-order valence-electron chi connectivity index (χ4n) is 3.21. The molecule has 1 aromatic heterocycles. The second kappa shape index (κ2) is 8.05. The normalized spacial score (nSPS) is 10.7. The molecule has 0 amide bonds. The van der Waals surface area contributed by atoms with Gasteiger partial charge >= 0.3 is 5.97 Å². The third-order valence-corrected chi connectivity index (χ3v) is 4.65. The van der Waals surface area contributed by atoms with Crippen LogP contribution in [0.25, 0.3) is 10.9 Å². The molecule has 0 aliphatic carbocycles. The molecule has 0 bridgehead atoms. The molecule has 6 heteroatoms. The van der Waals surface area contributed by atoms with E-state index >= 15 is 0 Å². The zero-order valence-electron chi connectivity index (χ0n) is 15.8. The summed E-state index contributed by atoms with van der Waals surface area (Å²) in [6, 6.07) is 24.3. The van der Waals surface area contributed by atoms with E-state index in [2.05, 4.69) is 0 Å². The average molecular weight is 399 g/mol. The topological polar surface area (TPSA) is 85.6 Å². The Balaban J connectivity index is 1.63. The van der Waals surface area contributed by atoms with Crippen LogP contribution in [-0.4, -0.2) is 21.6 Å². The molecule has 1 N–H and O–H groups in total. The number of carboxylic acids is 1. The summed E-state index contributed by atoms with van der Waals surface area (Å²) in [5.41, 5.74) is -0.220. The van der Waals surface area contributed by atoms with Crippen LogP contribution in [0.2, 0.25) is 0 Å². The van der Waals surface area contributed by atoms with Crippen molar-refractivity contribution in [2.75, 3.05) is 0 Å². The van der Waals surface area contributed by atoms with Gasteiger partial charge in [-0.05, 0) is 47.3 Å². The van der Waals surface area contributed by atoms with Gasteiger partial charge in [-0.2, -0.15) is 0 Å². The van der Waals surface area contributed by atoms with E-state index in [1.165, 1.54) is 6.07 Å². The van der Waals surface area contributed by atoms with Crippen LogP contribution in [0.1, 0.15) is 20.7 Å². The van der Waals surface area contributed by atoms with E-state index in [0.717, 1.165) is 4.57 Å². The molecule has 0 saturated carbocycles. The van der Waals surface area contributed by atoms with Crippen molar-refractivity contribution in [1.29, 1.82) is 0 Å². The Kier molecular flexibility index (Phi) is 5.13. The molecule has 4 aromatic rings. The molecule has 148 valence electrons. The van der Waals surface area contributed by atoms with Crippen LogP contribution in [-0.2, 0) is 6.42 Å². The molecule has 1 heterocycles. The highest BCUT2D eigenvalue weighted by atomic mass is 16.5. The van der Waals surface area contributed by atoms with Gasteiger partial charge in [0.05, 0.1) is 11.9 Å². The van der Waals surface area contributed by atoms with E-state index in [-0.39, 0.29) is 6.42 Å². The Bertz CT molecular complexity index is 1290. The predicted molar refractivity (Wildman–Crippen MR) is 112 cm³/mol. The third-order valence-electron chi connectivity index (χ3n) is 4.65. The van der Waals surface area contributed by atoms with Crippen LogP contribution in [0.4, 0.5) is 0 Å². The molecule has 6 nitrogen and oxygen atoms in total. The molecule has 0 radical (unpaired) electrons. The lowest BCUT2D eigenvalue weighted by atomic mass is 10.1. The predicted octanol–water partition coefficient (Wildman–Crippen LogP) is 4.37. The first-order chi connectivity index (χ1) is 14.5. The fraction of sp³-hybridized carbons (Fsp3) is 0.0417. The molecule has 0 unspecified atom stereocenters. The van der Waals surface area contributed by atoms with Crippen molar-refractivity contribution >= 4 is 22.8 Å². The highest BCUT2D eigenvalue weighted by Crippen LogP contribution is 2.21. The number of carboxylic acid groups (broad SMARTS) is 1. The molecule has 30 heavy (non-hydrogen) atoms. The zero-order valence-corrected chi connectivity index (χ0v) is 15.8. The average Bonchev–Trinajstić information content (AvgIpc) is 2.75. The first-order valence-corrected chi connectivity index (χ1v) is 9.26. The smallest absolute Gasteiger partial charge is 0.341 e. The van der Waals surface area contributed by atoms with Gasteiger partial charge in [0.2, 0.25) is 5.91 Å². The summed E-state index contributed by atoms with van der Waals surface area (Å²) in [5, 5.41) is 9.84. The number of fused-ring (bicyclic) bond motifs is 1. The van der Waals surface area contributed by atoms with Crippen LogP contribution in [0.3, 0.4) is 0 Å². The van der Waals surface area contributed by atoms with Gasteiger partial charge in [0.25, 0.3) is 5.56 Å². The van der Waals surface area contributed by atoms with E-state index in [1.807, 2.05) is 30.3 Å². The Labute approximate surface area is 171 Å². The van der Waals surface area contributed by atoms with E-state index in [0.29, 0.717) is 28.0 Å². The third kappa shape index (κ3) is 3.84. The van der Waals surface area contributed by atoms with E-state index in [4.69, 9.17) is 4.74 Å². The maximum atomic E-state index is 12.9. The van der Waals surface area contributed by atoms with E-state index in [1.54, 1.807) is 48.5 Å². The lowest BCUT2D eigenvalue weighted by Crippen LogP contribution is -2.32. The maximum Gasteiger partial charge on any atom is 0.341 e. The van der Waals surface area contributed by atoms with E-state index in [9.17, 15) is 19.5 Å². The van der Waals surface area contributed by atoms with Crippen molar-refractivity contribution < 1.29 is 19.4 Å². The Morgan fingerprint density at radius 2 is 1.47 bits per heavy atom. The molecule has 0 saturated heterocycles. The van der Waals surface area contributed by atoms with Crippen LogP contribution in [0.15, 0.2) is 89.7 Å². The molecule has 3 aromatic carbocycles.